The van der Waals surface area contributed by atoms with Crippen LogP contribution < -0.4 is 41.8 Å². The zero-order valence-corrected chi connectivity index (χ0v) is 51.5. The molecule has 1 fully saturated rings. The normalized spacial score (nSPS) is 13.6. The molecule has 34 nitrogen and oxygen atoms in total. The molecule has 1 saturated heterocycles. The summed E-state index contributed by atoms with van der Waals surface area (Å²) in [5, 5.41) is 29.4. The number of hydrogen-bond acceptors (Lipinski definition) is 29. The summed E-state index contributed by atoms with van der Waals surface area (Å²) < 4.78 is 176. The van der Waals surface area contributed by atoms with Crippen LogP contribution >= 0.6 is 35.8 Å². The molecule has 0 saturated carbocycles. The van der Waals surface area contributed by atoms with Crippen LogP contribution in [0.5, 0.6) is 11.5 Å². The zero-order chi connectivity index (χ0) is 64.7. The number of carbonyl (C=O) groups is 1. The number of hydrogen-bond donors (Lipinski definition) is 13. The Kier molecular flexibility index (Phi) is 18.6. The minimum atomic E-state index is -5.23. The van der Waals surface area contributed by atoms with Crippen molar-refractivity contribution in [2.75, 3.05) is 83.4 Å². The number of benzene rings is 6. The number of rotatable bonds is 21. The van der Waals surface area contributed by atoms with Crippen LogP contribution in [-0.4, -0.2) is 157 Å². The van der Waals surface area contributed by atoms with Gasteiger partial charge in [-0.2, -0.15) is 72.0 Å². The van der Waals surface area contributed by atoms with Crippen molar-refractivity contribution < 1.29 is 79.5 Å². The molecule has 0 unspecified atom stereocenters. The van der Waals surface area contributed by atoms with Crippen LogP contribution in [0.1, 0.15) is 6.92 Å². The second-order valence-electron chi connectivity index (χ2n) is 18.7. The van der Waals surface area contributed by atoms with Gasteiger partial charge in [-0.3, -0.25) is 43.3 Å². The van der Waals surface area contributed by atoms with E-state index in [1.807, 2.05) is 4.90 Å². The minimum Gasteiger partial charge on any atom is -0.505 e. The molecule has 2 aromatic heterocycles. The second kappa shape index (κ2) is 25.3. The number of aromatic nitrogens is 6. The highest BCUT2D eigenvalue weighted by atomic mass is 35.5. The molecule has 1 aliphatic rings. The summed E-state index contributed by atoms with van der Waals surface area (Å²) in [6, 6.07) is 13.8. The van der Waals surface area contributed by atoms with Gasteiger partial charge in [-0.15, -0.1) is 22.9 Å². The number of halogens is 2. The summed E-state index contributed by atoms with van der Waals surface area (Å²) in [5.41, 5.74) is 4.93. The monoisotopic (exact) mass is 1380 g/mol. The van der Waals surface area contributed by atoms with E-state index in [4.69, 9.17) is 27.9 Å². The van der Waals surface area contributed by atoms with E-state index in [0.29, 0.717) is 63.5 Å². The molecule has 12 N–H and O–H groups in total. The first-order chi connectivity index (χ1) is 41.6. The van der Waals surface area contributed by atoms with Crippen LogP contribution in [0, 0.1) is 0 Å². The van der Waals surface area contributed by atoms with Crippen molar-refractivity contribution in [1.29, 1.82) is 0 Å². The first kappa shape index (κ1) is 65.2. The van der Waals surface area contributed by atoms with Gasteiger partial charge >= 0.3 is 0 Å². The molecular formula is C47H44Cl2N16O18S6. The SMILES string of the molecule is COc1cc(NNc2cc3c(S(=O)(=O)O)cc(S(=O)(=O)O)cc3cc2S)c(NC(C)=O)cc1Nc1nc(Cl)nc(N2CCN(CCNc3nc(Cl)nc(Nc4ccc5c(O)c(N=Nc6cc(S(=O)(=O)O)ccc6S(=O)(=O)O)c(S(=O)(=O)O)cc5c4)n3)CC2)n1. The minimum absolute atomic E-state index is 0.000480. The maximum Gasteiger partial charge on any atom is 0.296 e. The van der Waals surface area contributed by atoms with Crippen molar-refractivity contribution in [2.45, 2.75) is 36.3 Å². The number of ether oxygens (including phenoxy) is 1. The lowest BCUT2D eigenvalue weighted by atomic mass is 10.1. The lowest BCUT2D eigenvalue weighted by Crippen LogP contribution is -2.48. The van der Waals surface area contributed by atoms with Crippen molar-refractivity contribution >= 4 is 177 Å². The third-order valence-corrected chi connectivity index (χ3v) is 17.8. The van der Waals surface area contributed by atoms with Crippen LogP contribution in [0.3, 0.4) is 0 Å². The quantitative estimate of drug-likeness (QED) is 0.0159. The molecule has 0 radical (unpaired) electrons. The van der Waals surface area contributed by atoms with Crippen LogP contribution in [0.25, 0.3) is 21.5 Å². The number of methoxy groups -OCH3 is 1. The largest absolute Gasteiger partial charge is 0.505 e. The number of carbonyl (C=O) groups excluding carboxylic acids is 1. The summed E-state index contributed by atoms with van der Waals surface area (Å²) in [4.78, 5) is 37.8. The average molecular weight is 1380 g/mol. The predicted molar refractivity (Wildman–Crippen MR) is 324 cm³/mol. The van der Waals surface area contributed by atoms with Crippen molar-refractivity contribution in [3.63, 3.8) is 0 Å². The number of amides is 1. The van der Waals surface area contributed by atoms with E-state index in [-0.39, 0.29) is 95.0 Å². The summed E-state index contributed by atoms with van der Waals surface area (Å²) in [6.07, 6.45) is 0. The maximum absolute atomic E-state index is 12.6. The first-order valence-corrected chi connectivity index (χ1v) is 33.2. The number of nitrogens with one attached hydrogen (secondary N) is 6. The fourth-order valence-electron chi connectivity index (χ4n) is 8.73. The van der Waals surface area contributed by atoms with E-state index in [1.165, 1.54) is 56.5 Å². The van der Waals surface area contributed by atoms with Gasteiger partial charge in [0.15, 0.2) is 5.75 Å². The molecule has 8 aromatic rings. The molecule has 0 atom stereocenters. The van der Waals surface area contributed by atoms with Crippen LogP contribution in [0.4, 0.5) is 63.6 Å². The lowest BCUT2D eigenvalue weighted by molar-refractivity contribution is -0.114. The van der Waals surface area contributed by atoms with Crippen LogP contribution in [0.15, 0.2) is 118 Å². The molecule has 42 heteroatoms. The Hall–Kier alpha value is -8.23. The fraction of sp³-hybridized carbons (Fsp3) is 0.170. The predicted octanol–water partition coefficient (Wildman–Crippen LogP) is 6.44. The molecule has 89 heavy (non-hydrogen) atoms. The molecular weight excluding hydrogens is 1340 g/mol. The lowest BCUT2D eigenvalue weighted by Gasteiger charge is -2.34. The Morgan fingerprint density at radius 3 is 1.88 bits per heavy atom. The molecule has 0 aliphatic carbocycles. The zero-order valence-electron chi connectivity index (χ0n) is 45.0. The van der Waals surface area contributed by atoms with Crippen molar-refractivity contribution in [2.24, 2.45) is 10.2 Å². The Morgan fingerprint density at radius 2 is 1.24 bits per heavy atom. The molecule has 9 rings (SSSR count). The number of phenolic OH excluding ortho intramolecular Hbond substituents is 1. The van der Waals surface area contributed by atoms with Gasteiger partial charge in [0.2, 0.25) is 40.3 Å². The number of thiol groups is 1. The highest BCUT2D eigenvalue weighted by Gasteiger charge is 2.27. The molecule has 470 valence electrons. The molecule has 0 bridgehead atoms. The molecule has 6 aromatic carbocycles. The van der Waals surface area contributed by atoms with E-state index >= 15 is 0 Å². The van der Waals surface area contributed by atoms with Crippen molar-refractivity contribution in [3.05, 3.63) is 89.4 Å². The third kappa shape index (κ3) is 15.6. The van der Waals surface area contributed by atoms with Gasteiger partial charge < -0.3 is 36.0 Å². The Balaban J connectivity index is 0.838. The Bertz CT molecular complexity index is 4840. The second-order valence-corrected chi connectivity index (χ2v) is 26.9. The number of phenols is 1. The van der Waals surface area contributed by atoms with E-state index < -0.39 is 98.1 Å². The number of nitrogens with zero attached hydrogens (tertiary/aromatic N) is 10. The van der Waals surface area contributed by atoms with E-state index in [0.717, 1.165) is 12.1 Å². The van der Waals surface area contributed by atoms with Crippen molar-refractivity contribution in [3.8, 4) is 11.5 Å². The Labute approximate surface area is 519 Å². The van der Waals surface area contributed by atoms with Gasteiger partial charge in [0, 0.05) is 73.6 Å². The number of azo groups is 1. The van der Waals surface area contributed by atoms with E-state index in [2.05, 4.69) is 89.8 Å². The van der Waals surface area contributed by atoms with Crippen molar-refractivity contribution in [1.82, 2.24) is 34.8 Å². The highest BCUT2D eigenvalue weighted by molar-refractivity contribution is 7.87. The van der Waals surface area contributed by atoms with Gasteiger partial charge in [0.1, 0.15) is 31.8 Å². The molecule has 0 spiro atoms. The fourth-order valence-corrected chi connectivity index (χ4v) is 12.4. The number of hydrazine groups is 1. The van der Waals surface area contributed by atoms with Gasteiger partial charge in [-0.05, 0) is 107 Å². The first-order valence-electron chi connectivity index (χ1n) is 24.7. The summed E-state index contributed by atoms with van der Waals surface area (Å²) in [7, 11) is -23.8. The summed E-state index contributed by atoms with van der Waals surface area (Å²) in [5.74, 6) is -0.965. The van der Waals surface area contributed by atoms with Gasteiger partial charge in [0.25, 0.3) is 50.6 Å². The Morgan fingerprint density at radius 1 is 0.607 bits per heavy atom. The molecule has 1 amide bonds. The highest BCUT2D eigenvalue weighted by Crippen LogP contribution is 2.44. The number of fused-ring (bicyclic) bond motifs is 2. The summed E-state index contributed by atoms with van der Waals surface area (Å²) in [6.45, 7) is 4.00. The van der Waals surface area contributed by atoms with Gasteiger partial charge in [-0.1, -0.05) is 0 Å². The molecule has 3 heterocycles. The maximum atomic E-state index is 12.6. The number of piperazine rings is 1. The van der Waals surface area contributed by atoms with Crippen LogP contribution in [0.2, 0.25) is 10.6 Å². The summed E-state index contributed by atoms with van der Waals surface area (Å²) >= 11 is 17.1. The standard InChI is InChI=1S/C47H44Cl2N16O18S6/c1-22(66)51-30-20-32(35(83-2)21-31(30)60-61-33-19-29-24(15-36(33)84)14-27(86(71,72)73)18-38(29)88(77,78)79)53-46-56-43(49)57-47(59-46)65-11-9-64(10-12-65)8-7-50-44-54-42(48)55-45(58-44)52-25-3-5-28-23(13-25)16-39(89(80,81)82)40(41(28)67)63-62-34-17-26(85(68,69)70)4-6-37(34)87(74,75)76/h3-6,13-21,60-61,67,84H,7-12H2,1-2H3,(H,51,66)(H,68,69,70)(H,71,72,73)(H,74,75,76)(H,77,78,79)(H,80,81,82)(H,53,56,57,59)(H2,50,52,54,55,58). The van der Waals surface area contributed by atoms with Gasteiger partial charge in [0.05, 0.1) is 39.7 Å². The van der Waals surface area contributed by atoms with E-state index in [9.17, 15) is 74.8 Å². The third-order valence-electron chi connectivity index (χ3n) is 12.7. The van der Waals surface area contributed by atoms with Gasteiger partial charge in [-0.25, -0.2) is 0 Å². The average Bonchev–Trinajstić information content (AvgIpc) is 0.878. The number of aromatic hydroxyl groups is 1. The van der Waals surface area contributed by atoms with E-state index in [1.54, 1.807) is 0 Å². The van der Waals surface area contributed by atoms with Crippen LogP contribution in [-0.2, 0) is 55.4 Å². The number of anilines is 9. The topological polar surface area (TPSA) is 499 Å². The smallest absolute Gasteiger partial charge is 0.296 e. The molecule has 1 aliphatic heterocycles.